The van der Waals surface area contributed by atoms with Gasteiger partial charge in [0.2, 0.25) is 5.88 Å². The molecule has 0 fully saturated rings. The molecule has 0 amide bonds. The molecular weight excluding hydrogens is 240 g/mol. The SMILES string of the molecule is COc1ncccc1Cn1ccnc1CNC(C)C. The predicted octanol–water partition coefficient (Wildman–Crippen LogP) is 1.83. The van der Waals surface area contributed by atoms with Gasteiger partial charge in [0.1, 0.15) is 5.82 Å². The number of methoxy groups -OCH3 is 1. The van der Waals surface area contributed by atoms with Gasteiger partial charge in [-0.05, 0) is 6.07 Å². The Kier molecular flexibility index (Phi) is 4.52. The number of nitrogens with zero attached hydrogens (tertiary/aromatic N) is 3. The largest absolute Gasteiger partial charge is 0.481 e. The Morgan fingerprint density at radius 2 is 2.16 bits per heavy atom. The first kappa shape index (κ1) is 13.5. The number of hydrogen-bond donors (Lipinski definition) is 1. The van der Waals surface area contributed by atoms with Crippen molar-refractivity contribution < 1.29 is 4.74 Å². The smallest absolute Gasteiger partial charge is 0.218 e. The van der Waals surface area contributed by atoms with Crippen LogP contribution in [0.4, 0.5) is 0 Å². The van der Waals surface area contributed by atoms with E-state index in [0.717, 1.165) is 17.9 Å². The first-order valence-corrected chi connectivity index (χ1v) is 6.42. The standard InChI is InChI=1S/C14H20N4O/c1-11(2)17-9-13-15-7-8-18(13)10-12-5-4-6-16-14(12)19-3/h4-8,11,17H,9-10H2,1-3H3. The number of hydrogen-bond acceptors (Lipinski definition) is 4. The number of ether oxygens (including phenoxy) is 1. The van der Waals surface area contributed by atoms with Crippen molar-refractivity contribution in [2.75, 3.05) is 7.11 Å². The fraction of sp³-hybridized carbons (Fsp3) is 0.429. The lowest BCUT2D eigenvalue weighted by Gasteiger charge is -2.12. The molecule has 0 aromatic carbocycles. The van der Waals surface area contributed by atoms with Gasteiger partial charge < -0.3 is 14.6 Å². The van der Waals surface area contributed by atoms with Crippen LogP contribution in [0.15, 0.2) is 30.7 Å². The van der Waals surface area contributed by atoms with Crippen LogP contribution < -0.4 is 10.1 Å². The summed E-state index contributed by atoms with van der Waals surface area (Å²) in [6, 6.07) is 4.38. The van der Waals surface area contributed by atoms with E-state index in [-0.39, 0.29) is 0 Å². The molecule has 0 unspecified atom stereocenters. The summed E-state index contributed by atoms with van der Waals surface area (Å²) in [5.41, 5.74) is 1.05. The van der Waals surface area contributed by atoms with E-state index >= 15 is 0 Å². The van der Waals surface area contributed by atoms with Crippen LogP contribution in [0.3, 0.4) is 0 Å². The highest BCUT2D eigenvalue weighted by atomic mass is 16.5. The maximum Gasteiger partial charge on any atom is 0.218 e. The second-order valence-corrected chi connectivity index (χ2v) is 4.68. The molecule has 2 heterocycles. The summed E-state index contributed by atoms with van der Waals surface area (Å²) < 4.78 is 7.38. The van der Waals surface area contributed by atoms with Crippen LogP contribution in [-0.4, -0.2) is 27.7 Å². The molecule has 0 aliphatic rings. The van der Waals surface area contributed by atoms with Crippen LogP contribution in [0.2, 0.25) is 0 Å². The van der Waals surface area contributed by atoms with Crippen molar-refractivity contribution in [2.45, 2.75) is 33.0 Å². The lowest BCUT2D eigenvalue weighted by Crippen LogP contribution is -2.24. The summed E-state index contributed by atoms with van der Waals surface area (Å²) >= 11 is 0. The number of nitrogens with one attached hydrogen (secondary N) is 1. The number of aromatic nitrogens is 3. The minimum atomic E-state index is 0.443. The van der Waals surface area contributed by atoms with E-state index in [2.05, 4.69) is 33.7 Å². The van der Waals surface area contributed by atoms with Gasteiger partial charge in [-0.1, -0.05) is 19.9 Å². The molecule has 2 aromatic rings. The molecule has 2 rings (SSSR count). The van der Waals surface area contributed by atoms with Gasteiger partial charge in [0.25, 0.3) is 0 Å². The van der Waals surface area contributed by atoms with Crippen molar-refractivity contribution in [2.24, 2.45) is 0 Å². The third kappa shape index (κ3) is 3.54. The van der Waals surface area contributed by atoms with Gasteiger partial charge >= 0.3 is 0 Å². The Morgan fingerprint density at radius 1 is 1.32 bits per heavy atom. The van der Waals surface area contributed by atoms with Crippen LogP contribution in [0.25, 0.3) is 0 Å². The van der Waals surface area contributed by atoms with Gasteiger partial charge in [0.15, 0.2) is 0 Å². The fourth-order valence-electron chi connectivity index (χ4n) is 1.86. The van der Waals surface area contributed by atoms with Crippen LogP contribution in [0.1, 0.15) is 25.2 Å². The fourth-order valence-corrected chi connectivity index (χ4v) is 1.86. The van der Waals surface area contributed by atoms with Gasteiger partial charge in [0, 0.05) is 30.2 Å². The highest BCUT2D eigenvalue weighted by Gasteiger charge is 2.08. The maximum atomic E-state index is 5.27. The first-order valence-electron chi connectivity index (χ1n) is 6.42. The average Bonchev–Trinajstić information content (AvgIpc) is 2.84. The molecular formula is C14H20N4O. The van der Waals surface area contributed by atoms with E-state index in [0.29, 0.717) is 18.5 Å². The van der Waals surface area contributed by atoms with Crippen molar-refractivity contribution in [3.8, 4) is 5.88 Å². The number of imidazole rings is 1. The molecule has 0 atom stereocenters. The monoisotopic (exact) mass is 260 g/mol. The Labute approximate surface area is 113 Å². The van der Waals surface area contributed by atoms with E-state index in [1.807, 2.05) is 24.5 Å². The zero-order valence-electron chi connectivity index (χ0n) is 11.6. The minimum Gasteiger partial charge on any atom is -0.481 e. The molecule has 0 saturated heterocycles. The van der Waals surface area contributed by atoms with Crippen LogP contribution >= 0.6 is 0 Å². The van der Waals surface area contributed by atoms with Crippen molar-refractivity contribution >= 4 is 0 Å². The molecule has 19 heavy (non-hydrogen) atoms. The highest BCUT2D eigenvalue weighted by molar-refractivity contribution is 5.25. The van der Waals surface area contributed by atoms with Crippen molar-refractivity contribution in [1.82, 2.24) is 19.9 Å². The quantitative estimate of drug-likeness (QED) is 0.861. The van der Waals surface area contributed by atoms with Gasteiger partial charge in [-0.3, -0.25) is 0 Å². The van der Waals surface area contributed by atoms with E-state index in [4.69, 9.17) is 4.74 Å². The maximum absolute atomic E-state index is 5.27. The zero-order valence-corrected chi connectivity index (χ0v) is 11.6. The van der Waals surface area contributed by atoms with Gasteiger partial charge in [-0.15, -0.1) is 0 Å². The summed E-state index contributed by atoms with van der Waals surface area (Å²) in [5, 5.41) is 3.37. The Bertz CT molecular complexity index is 522. The molecule has 0 aliphatic carbocycles. The molecule has 2 aromatic heterocycles. The molecule has 0 aliphatic heterocycles. The zero-order chi connectivity index (χ0) is 13.7. The molecule has 5 nitrogen and oxygen atoms in total. The Balaban J connectivity index is 2.12. The molecule has 0 bridgehead atoms. The lowest BCUT2D eigenvalue weighted by molar-refractivity contribution is 0.390. The van der Waals surface area contributed by atoms with Crippen LogP contribution in [0.5, 0.6) is 5.88 Å². The molecule has 102 valence electrons. The van der Waals surface area contributed by atoms with E-state index in [9.17, 15) is 0 Å². The van der Waals surface area contributed by atoms with E-state index in [1.54, 1.807) is 13.3 Å². The summed E-state index contributed by atoms with van der Waals surface area (Å²) in [7, 11) is 1.64. The summed E-state index contributed by atoms with van der Waals surface area (Å²) in [4.78, 5) is 8.59. The second-order valence-electron chi connectivity index (χ2n) is 4.68. The summed E-state index contributed by atoms with van der Waals surface area (Å²) in [5.74, 6) is 1.68. The minimum absolute atomic E-state index is 0.443. The van der Waals surface area contributed by atoms with E-state index < -0.39 is 0 Å². The molecule has 5 heteroatoms. The highest BCUT2D eigenvalue weighted by Crippen LogP contribution is 2.15. The average molecular weight is 260 g/mol. The molecule has 0 radical (unpaired) electrons. The van der Waals surface area contributed by atoms with Crippen LogP contribution in [-0.2, 0) is 13.1 Å². The van der Waals surface area contributed by atoms with Crippen molar-refractivity contribution in [1.29, 1.82) is 0 Å². The van der Waals surface area contributed by atoms with Crippen molar-refractivity contribution in [3.63, 3.8) is 0 Å². The molecule has 0 spiro atoms. The topological polar surface area (TPSA) is 52.0 Å². The van der Waals surface area contributed by atoms with Crippen LogP contribution in [0, 0.1) is 0 Å². The van der Waals surface area contributed by atoms with Gasteiger partial charge in [-0.2, -0.15) is 0 Å². The molecule has 0 saturated carbocycles. The normalized spacial score (nSPS) is 10.9. The third-order valence-electron chi connectivity index (χ3n) is 2.85. The first-order chi connectivity index (χ1) is 9.20. The Morgan fingerprint density at radius 3 is 2.89 bits per heavy atom. The van der Waals surface area contributed by atoms with Gasteiger partial charge in [-0.25, -0.2) is 9.97 Å². The van der Waals surface area contributed by atoms with Gasteiger partial charge in [0.05, 0.1) is 20.2 Å². The number of pyridine rings is 1. The third-order valence-corrected chi connectivity index (χ3v) is 2.85. The lowest BCUT2D eigenvalue weighted by atomic mass is 10.2. The second kappa shape index (κ2) is 6.33. The number of rotatable bonds is 6. The Hall–Kier alpha value is -1.88. The van der Waals surface area contributed by atoms with E-state index in [1.165, 1.54) is 0 Å². The predicted molar refractivity (Wildman–Crippen MR) is 74.1 cm³/mol. The molecule has 1 N–H and O–H groups in total. The summed E-state index contributed by atoms with van der Waals surface area (Å²) in [6.07, 6.45) is 5.53. The summed E-state index contributed by atoms with van der Waals surface area (Å²) in [6.45, 7) is 5.72. The van der Waals surface area contributed by atoms with Crippen molar-refractivity contribution in [3.05, 3.63) is 42.1 Å².